The molecule has 0 aliphatic carbocycles. The molecule has 0 radical (unpaired) electrons. The summed E-state index contributed by atoms with van der Waals surface area (Å²) in [5.74, 6) is -0.851. The number of nitrogens with zero attached hydrogens (tertiary/aromatic N) is 2. The molecule has 1 rings (SSSR count). The van der Waals surface area contributed by atoms with E-state index in [4.69, 9.17) is 19.3 Å². The number of rotatable bonds is 12. The Balaban J connectivity index is 1.80. The van der Waals surface area contributed by atoms with E-state index in [0.29, 0.717) is 33.0 Å². The molecule has 0 aliphatic heterocycles. The molecule has 1 aromatic heterocycles. The number of aliphatic carboxylic acids is 1. The molecular weight excluding hydrogens is 264 g/mol. The highest BCUT2D eigenvalue weighted by atomic mass is 16.5. The van der Waals surface area contributed by atoms with Crippen LogP contribution in [0, 0.1) is 0 Å². The Kier molecular flexibility index (Phi) is 8.61. The van der Waals surface area contributed by atoms with E-state index >= 15 is 0 Å². The smallest absolute Gasteiger partial charge is 0.305 e. The molecule has 0 amide bonds. The maximum atomic E-state index is 10.2. The number of carboxylic acid groups (broad SMARTS) is 1. The van der Waals surface area contributed by atoms with Crippen LogP contribution in [0.3, 0.4) is 0 Å². The molecular formula is C13H23N2O5+. The molecule has 7 heteroatoms. The number of hydrogen-bond acceptors (Lipinski definition) is 4. The average Bonchev–Trinajstić information content (AvgIpc) is 2.81. The van der Waals surface area contributed by atoms with Crippen LogP contribution >= 0.6 is 0 Å². The van der Waals surface area contributed by atoms with Crippen molar-refractivity contribution >= 4 is 5.97 Å². The summed E-state index contributed by atoms with van der Waals surface area (Å²) in [6.07, 6.45) is 6.00. The second-order valence-corrected chi connectivity index (χ2v) is 4.30. The van der Waals surface area contributed by atoms with Crippen molar-refractivity contribution < 1.29 is 28.7 Å². The van der Waals surface area contributed by atoms with E-state index in [1.165, 1.54) is 0 Å². The van der Waals surface area contributed by atoms with Crippen LogP contribution in [0.2, 0.25) is 0 Å². The fourth-order valence-electron chi connectivity index (χ4n) is 1.51. The lowest BCUT2D eigenvalue weighted by Crippen LogP contribution is -2.24. The summed E-state index contributed by atoms with van der Waals surface area (Å²) in [6, 6.07) is 0. The summed E-state index contributed by atoms with van der Waals surface area (Å²) in [5.41, 5.74) is 0. The van der Waals surface area contributed by atoms with Gasteiger partial charge in [0.2, 0.25) is 6.33 Å². The van der Waals surface area contributed by atoms with Gasteiger partial charge in [-0.15, -0.1) is 0 Å². The molecule has 0 aliphatic rings. The zero-order valence-corrected chi connectivity index (χ0v) is 11.9. The zero-order chi connectivity index (χ0) is 14.6. The van der Waals surface area contributed by atoms with Gasteiger partial charge in [0.1, 0.15) is 18.9 Å². The number of carboxylic acids is 1. The van der Waals surface area contributed by atoms with E-state index in [1.54, 1.807) is 0 Å². The predicted octanol–water partition coefficient (Wildman–Crippen LogP) is -0.163. The van der Waals surface area contributed by atoms with E-state index in [0.717, 1.165) is 6.54 Å². The van der Waals surface area contributed by atoms with E-state index in [-0.39, 0.29) is 13.0 Å². The molecule has 0 bridgehead atoms. The van der Waals surface area contributed by atoms with Crippen LogP contribution in [-0.2, 0) is 32.6 Å². The third-order valence-corrected chi connectivity index (χ3v) is 2.52. The minimum Gasteiger partial charge on any atom is -0.481 e. The van der Waals surface area contributed by atoms with Gasteiger partial charge in [-0.05, 0) is 0 Å². The van der Waals surface area contributed by atoms with Crippen LogP contribution in [0.4, 0.5) is 0 Å². The molecule has 0 aromatic carbocycles. The van der Waals surface area contributed by atoms with Crippen LogP contribution in [-0.4, -0.2) is 55.3 Å². The van der Waals surface area contributed by atoms with E-state index < -0.39 is 5.97 Å². The van der Waals surface area contributed by atoms with Crippen molar-refractivity contribution in [3.63, 3.8) is 0 Å². The monoisotopic (exact) mass is 287 g/mol. The number of ether oxygens (including phenoxy) is 3. The second-order valence-electron chi connectivity index (χ2n) is 4.30. The van der Waals surface area contributed by atoms with Gasteiger partial charge in [-0.2, -0.15) is 0 Å². The van der Waals surface area contributed by atoms with Crippen molar-refractivity contribution in [3.8, 4) is 0 Å². The van der Waals surface area contributed by atoms with Crippen molar-refractivity contribution in [2.75, 3.05) is 39.6 Å². The van der Waals surface area contributed by atoms with Crippen LogP contribution in [0.15, 0.2) is 18.7 Å². The minimum atomic E-state index is -0.851. The maximum absolute atomic E-state index is 10.2. The first-order valence-electron chi connectivity index (χ1n) is 6.64. The van der Waals surface area contributed by atoms with Gasteiger partial charge < -0.3 is 19.3 Å². The first-order chi connectivity index (χ1) is 9.68. The van der Waals surface area contributed by atoms with Crippen LogP contribution in [0.5, 0.6) is 0 Å². The fourth-order valence-corrected chi connectivity index (χ4v) is 1.51. The molecule has 20 heavy (non-hydrogen) atoms. The van der Waals surface area contributed by atoms with Crippen molar-refractivity contribution in [3.05, 3.63) is 18.7 Å². The summed E-state index contributed by atoms with van der Waals surface area (Å²) in [6.45, 7) is 3.61. The second kappa shape index (κ2) is 10.4. The Morgan fingerprint density at radius 2 is 1.70 bits per heavy atom. The number of imidazole rings is 1. The first kappa shape index (κ1) is 16.6. The molecule has 1 aromatic rings. The normalized spacial score (nSPS) is 10.8. The third-order valence-electron chi connectivity index (χ3n) is 2.52. The highest BCUT2D eigenvalue weighted by Gasteiger charge is 1.99. The maximum Gasteiger partial charge on any atom is 0.305 e. The van der Waals surface area contributed by atoms with Gasteiger partial charge >= 0.3 is 5.97 Å². The Morgan fingerprint density at radius 1 is 1.10 bits per heavy atom. The van der Waals surface area contributed by atoms with Crippen LogP contribution in [0.25, 0.3) is 0 Å². The largest absolute Gasteiger partial charge is 0.481 e. The van der Waals surface area contributed by atoms with Crippen molar-refractivity contribution in [1.29, 1.82) is 0 Å². The Morgan fingerprint density at radius 3 is 2.25 bits per heavy atom. The summed E-state index contributed by atoms with van der Waals surface area (Å²) < 4.78 is 19.8. The highest BCUT2D eigenvalue weighted by molar-refractivity contribution is 5.66. The molecule has 1 N–H and O–H groups in total. The summed E-state index contributed by atoms with van der Waals surface area (Å²) in [7, 11) is 1.98. The molecule has 0 saturated heterocycles. The Hall–Kier alpha value is -1.44. The average molecular weight is 287 g/mol. The van der Waals surface area contributed by atoms with Crippen molar-refractivity contribution in [1.82, 2.24) is 4.57 Å². The number of aryl methyl sites for hydroxylation is 1. The lowest BCUT2D eigenvalue weighted by atomic mass is 10.5. The molecule has 114 valence electrons. The summed E-state index contributed by atoms with van der Waals surface area (Å²) >= 11 is 0. The number of aromatic nitrogens is 2. The van der Waals surface area contributed by atoms with Gasteiger partial charge in [-0.25, -0.2) is 9.13 Å². The molecule has 0 saturated carbocycles. The Labute approximate surface area is 118 Å². The van der Waals surface area contributed by atoms with E-state index in [2.05, 4.69) is 4.57 Å². The lowest BCUT2D eigenvalue weighted by molar-refractivity contribution is -0.671. The summed E-state index contributed by atoms with van der Waals surface area (Å²) in [5, 5.41) is 8.39. The van der Waals surface area contributed by atoms with Crippen molar-refractivity contribution in [2.45, 2.75) is 13.0 Å². The van der Waals surface area contributed by atoms with E-state index in [9.17, 15) is 4.79 Å². The quantitative estimate of drug-likeness (QED) is 0.427. The zero-order valence-electron chi connectivity index (χ0n) is 11.9. The summed E-state index contributed by atoms with van der Waals surface area (Å²) in [4.78, 5) is 10.2. The first-order valence-corrected chi connectivity index (χ1v) is 6.64. The van der Waals surface area contributed by atoms with Crippen molar-refractivity contribution in [2.24, 2.45) is 7.05 Å². The van der Waals surface area contributed by atoms with Gasteiger partial charge in [0.05, 0.1) is 53.1 Å². The molecule has 0 unspecified atom stereocenters. The topological polar surface area (TPSA) is 73.8 Å². The molecule has 1 heterocycles. The fraction of sp³-hybridized carbons (Fsp3) is 0.692. The van der Waals surface area contributed by atoms with Gasteiger partial charge in [0.15, 0.2) is 0 Å². The van der Waals surface area contributed by atoms with E-state index in [1.807, 2.05) is 30.3 Å². The minimum absolute atomic E-state index is 0.0280. The van der Waals surface area contributed by atoms with Crippen LogP contribution in [0.1, 0.15) is 6.42 Å². The molecule has 0 fully saturated rings. The highest BCUT2D eigenvalue weighted by Crippen LogP contribution is 1.87. The standard InChI is InChI=1S/C13H22N2O5/c1-14-3-4-15(12-14)5-7-19-9-11-20-10-8-18-6-2-13(16)17/h3-4,12H,2,5-11H2,1H3/p+1. The third kappa shape index (κ3) is 8.63. The number of hydrogen-bond donors (Lipinski definition) is 1. The van der Waals surface area contributed by atoms with Crippen LogP contribution < -0.4 is 4.57 Å². The van der Waals surface area contributed by atoms with Gasteiger partial charge in [-0.1, -0.05) is 0 Å². The Bertz CT molecular complexity index is 381. The lowest BCUT2D eigenvalue weighted by Gasteiger charge is -2.05. The number of carbonyl (C=O) groups is 1. The molecule has 7 nitrogen and oxygen atoms in total. The SMILES string of the molecule is C[n+]1ccn(CCOCCOCCOCCC(=O)O)c1. The van der Waals surface area contributed by atoms with Gasteiger partial charge in [0, 0.05) is 0 Å². The van der Waals surface area contributed by atoms with Gasteiger partial charge in [-0.3, -0.25) is 4.79 Å². The molecule has 0 spiro atoms. The van der Waals surface area contributed by atoms with Gasteiger partial charge in [0.25, 0.3) is 0 Å². The predicted molar refractivity (Wildman–Crippen MR) is 70.3 cm³/mol. The molecule has 0 atom stereocenters.